The molecular formula is C9H10BrN3OS. The molecule has 0 saturated carbocycles. The second-order valence-electron chi connectivity index (χ2n) is 3.14. The van der Waals surface area contributed by atoms with Crippen molar-refractivity contribution in [1.29, 1.82) is 0 Å². The molecule has 80 valence electrons. The van der Waals surface area contributed by atoms with Crippen molar-refractivity contribution < 1.29 is 4.79 Å². The quantitative estimate of drug-likeness (QED) is 0.908. The van der Waals surface area contributed by atoms with Gasteiger partial charge in [0, 0.05) is 15.9 Å². The maximum absolute atomic E-state index is 11.5. The summed E-state index contributed by atoms with van der Waals surface area (Å²) in [4.78, 5) is 18.0. The Morgan fingerprint density at radius 2 is 2.47 bits per heavy atom. The largest absolute Gasteiger partial charge is 0.385 e. The highest BCUT2D eigenvalue weighted by Crippen LogP contribution is 2.35. The highest BCUT2D eigenvalue weighted by atomic mass is 79.9. The van der Waals surface area contributed by atoms with E-state index in [0.717, 1.165) is 9.35 Å². The minimum Gasteiger partial charge on any atom is -0.385 e. The molecule has 0 bridgehead atoms. The molecular weight excluding hydrogens is 278 g/mol. The van der Waals surface area contributed by atoms with E-state index in [1.165, 1.54) is 0 Å². The number of hydrogen-bond donors (Lipinski definition) is 1. The van der Waals surface area contributed by atoms with Gasteiger partial charge in [-0.3, -0.25) is 0 Å². The summed E-state index contributed by atoms with van der Waals surface area (Å²) < 4.78 is 0.976. The van der Waals surface area contributed by atoms with Crippen LogP contribution in [0.3, 0.4) is 0 Å². The van der Waals surface area contributed by atoms with Gasteiger partial charge in [-0.1, -0.05) is 0 Å². The molecule has 2 heterocycles. The van der Waals surface area contributed by atoms with Gasteiger partial charge in [-0.2, -0.15) is 4.99 Å². The summed E-state index contributed by atoms with van der Waals surface area (Å²) in [5, 5.41) is 1.96. The van der Waals surface area contributed by atoms with E-state index in [4.69, 9.17) is 5.73 Å². The topological polar surface area (TPSA) is 58.7 Å². The summed E-state index contributed by atoms with van der Waals surface area (Å²) in [6.45, 7) is 2.53. The maximum atomic E-state index is 11.5. The predicted octanol–water partition coefficient (Wildman–Crippen LogP) is 2.36. The lowest BCUT2D eigenvalue weighted by Crippen LogP contribution is -2.32. The first kappa shape index (κ1) is 10.6. The average Bonchev–Trinajstić information content (AvgIpc) is 2.70. The number of rotatable bonds is 2. The smallest absolute Gasteiger partial charge is 0.346 e. The summed E-state index contributed by atoms with van der Waals surface area (Å²) in [5.74, 6) is 0.380. The third kappa shape index (κ3) is 1.68. The molecule has 0 saturated heterocycles. The Kier molecular flexibility index (Phi) is 2.79. The summed E-state index contributed by atoms with van der Waals surface area (Å²) in [6.07, 6.45) is 0. The summed E-state index contributed by atoms with van der Waals surface area (Å²) in [7, 11) is 0. The lowest BCUT2D eigenvalue weighted by Gasteiger charge is -2.21. The van der Waals surface area contributed by atoms with Crippen LogP contribution in [0.15, 0.2) is 20.9 Å². The number of aliphatic imine (C=N–C) groups is 1. The Labute approximate surface area is 99.9 Å². The van der Waals surface area contributed by atoms with Gasteiger partial charge in [-0.25, -0.2) is 4.79 Å². The number of hydrogen-bond acceptors (Lipinski definition) is 3. The van der Waals surface area contributed by atoms with Crippen LogP contribution in [-0.4, -0.2) is 23.3 Å². The zero-order chi connectivity index (χ0) is 11.0. The average molecular weight is 288 g/mol. The van der Waals surface area contributed by atoms with Crippen molar-refractivity contribution >= 4 is 39.1 Å². The summed E-state index contributed by atoms with van der Waals surface area (Å²) in [6, 6.07) is 1.50. The Morgan fingerprint density at radius 1 is 1.73 bits per heavy atom. The molecule has 1 aliphatic heterocycles. The van der Waals surface area contributed by atoms with Gasteiger partial charge in [0.25, 0.3) is 0 Å². The second kappa shape index (κ2) is 3.94. The number of amidine groups is 1. The number of amides is 2. The number of urea groups is 1. The van der Waals surface area contributed by atoms with E-state index in [1.54, 1.807) is 16.2 Å². The van der Waals surface area contributed by atoms with Gasteiger partial charge in [-0.05, 0) is 34.3 Å². The lowest BCUT2D eigenvalue weighted by molar-refractivity contribution is 0.210. The molecule has 15 heavy (non-hydrogen) atoms. The fraction of sp³-hybridized carbons (Fsp3) is 0.333. The minimum absolute atomic E-state index is 0.197. The minimum atomic E-state index is -0.250. The standard InChI is InChI=1S/C9H10BrN3OS/c1-2-13-6(8(11)12-9(13)14)7-5(10)3-4-15-7/h3-4,6H,2H2,1H3,(H2,11,12,14). The molecule has 0 aromatic carbocycles. The van der Waals surface area contributed by atoms with E-state index >= 15 is 0 Å². The van der Waals surface area contributed by atoms with Crippen LogP contribution >= 0.6 is 27.3 Å². The molecule has 6 heteroatoms. The van der Waals surface area contributed by atoms with Gasteiger partial charge in [0.15, 0.2) is 0 Å². The molecule has 0 fully saturated rings. The normalized spacial score (nSPS) is 20.9. The predicted molar refractivity (Wildman–Crippen MR) is 64.2 cm³/mol. The number of carbonyl (C=O) groups is 1. The van der Waals surface area contributed by atoms with Gasteiger partial charge in [0.1, 0.15) is 11.9 Å². The monoisotopic (exact) mass is 287 g/mol. The molecule has 2 amide bonds. The Morgan fingerprint density at radius 3 is 3.00 bits per heavy atom. The van der Waals surface area contributed by atoms with Crippen molar-refractivity contribution in [3.8, 4) is 0 Å². The third-order valence-corrected chi connectivity index (χ3v) is 4.22. The number of thiophene rings is 1. The van der Waals surface area contributed by atoms with E-state index in [0.29, 0.717) is 12.4 Å². The van der Waals surface area contributed by atoms with Crippen molar-refractivity contribution in [3.05, 3.63) is 20.8 Å². The van der Waals surface area contributed by atoms with Crippen LogP contribution in [0.5, 0.6) is 0 Å². The molecule has 1 aliphatic rings. The Balaban J connectivity index is 2.40. The third-order valence-electron chi connectivity index (χ3n) is 2.30. The second-order valence-corrected chi connectivity index (χ2v) is 4.94. The fourth-order valence-electron chi connectivity index (χ4n) is 1.60. The zero-order valence-corrected chi connectivity index (χ0v) is 10.5. The van der Waals surface area contributed by atoms with E-state index < -0.39 is 0 Å². The molecule has 1 aromatic heterocycles. The van der Waals surface area contributed by atoms with E-state index in [2.05, 4.69) is 20.9 Å². The molecule has 0 spiro atoms. The number of likely N-dealkylation sites (N-methyl/N-ethyl adjacent to an activating group) is 1. The molecule has 1 atom stereocenters. The van der Waals surface area contributed by atoms with Crippen LogP contribution in [0.4, 0.5) is 4.79 Å². The van der Waals surface area contributed by atoms with Crippen LogP contribution < -0.4 is 5.73 Å². The Bertz CT molecular complexity index is 429. The van der Waals surface area contributed by atoms with Gasteiger partial charge in [0.05, 0.1) is 0 Å². The first-order valence-electron chi connectivity index (χ1n) is 4.52. The van der Waals surface area contributed by atoms with Gasteiger partial charge in [-0.15, -0.1) is 11.3 Å². The molecule has 4 nitrogen and oxygen atoms in total. The molecule has 2 N–H and O–H groups in total. The number of halogens is 1. The maximum Gasteiger partial charge on any atom is 0.346 e. The lowest BCUT2D eigenvalue weighted by atomic mass is 10.2. The van der Waals surface area contributed by atoms with E-state index in [9.17, 15) is 4.79 Å². The molecule has 2 rings (SSSR count). The molecule has 0 aliphatic carbocycles. The van der Waals surface area contributed by atoms with Crippen LogP contribution in [0.2, 0.25) is 0 Å². The van der Waals surface area contributed by atoms with Crippen molar-refractivity contribution in [1.82, 2.24) is 4.90 Å². The van der Waals surface area contributed by atoms with E-state index in [-0.39, 0.29) is 12.1 Å². The number of nitrogens with zero attached hydrogens (tertiary/aromatic N) is 2. The SMILES string of the molecule is CCN1C(=O)N=C(N)C1c1sccc1Br. The van der Waals surface area contributed by atoms with Crippen LogP contribution in [-0.2, 0) is 0 Å². The first-order valence-corrected chi connectivity index (χ1v) is 6.20. The molecule has 1 aromatic rings. The highest BCUT2D eigenvalue weighted by molar-refractivity contribution is 9.10. The van der Waals surface area contributed by atoms with Crippen LogP contribution in [0.1, 0.15) is 17.8 Å². The fourth-order valence-corrected chi connectivity index (χ4v) is 3.31. The van der Waals surface area contributed by atoms with Gasteiger partial charge >= 0.3 is 6.03 Å². The van der Waals surface area contributed by atoms with Crippen LogP contribution in [0.25, 0.3) is 0 Å². The van der Waals surface area contributed by atoms with Crippen LogP contribution in [0, 0.1) is 0 Å². The van der Waals surface area contributed by atoms with Gasteiger partial charge in [0.2, 0.25) is 0 Å². The summed E-state index contributed by atoms with van der Waals surface area (Å²) in [5.41, 5.74) is 5.77. The highest BCUT2D eigenvalue weighted by Gasteiger charge is 2.35. The van der Waals surface area contributed by atoms with Crippen molar-refractivity contribution in [3.63, 3.8) is 0 Å². The molecule has 1 unspecified atom stereocenters. The number of nitrogens with two attached hydrogens (primary N) is 1. The van der Waals surface area contributed by atoms with E-state index in [1.807, 2.05) is 18.4 Å². The van der Waals surface area contributed by atoms with Crippen molar-refractivity contribution in [2.24, 2.45) is 10.7 Å². The van der Waals surface area contributed by atoms with Crippen molar-refractivity contribution in [2.45, 2.75) is 13.0 Å². The molecule has 0 radical (unpaired) electrons. The zero-order valence-electron chi connectivity index (χ0n) is 8.11. The first-order chi connectivity index (χ1) is 7.15. The summed E-state index contributed by atoms with van der Waals surface area (Å²) >= 11 is 5.01. The van der Waals surface area contributed by atoms with Crippen molar-refractivity contribution in [2.75, 3.05) is 6.54 Å². The van der Waals surface area contributed by atoms with Gasteiger partial charge < -0.3 is 10.6 Å². The Hall–Kier alpha value is -0.880. The number of carbonyl (C=O) groups excluding carboxylic acids is 1.